The lowest BCUT2D eigenvalue weighted by Crippen LogP contribution is -2.31. The first kappa shape index (κ1) is 22.4. The maximum absolute atomic E-state index is 14.0. The van der Waals surface area contributed by atoms with E-state index in [1.807, 2.05) is 0 Å². The van der Waals surface area contributed by atoms with Crippen LogP contribution < -0.4 is 5.56 Å². The molecule has 1 aliphatic rings. The third kappa shape index (κ3) is 5.06. The number of hydrogen-bond acceptors (Lipinski definition) is 5. The van der Waals surface area contributed by atoms with Crippen molar-refractivity contribution in [1.82, 2.24) is 9.55 Å². The van der Waals surface area contributed by atoms with Crippen LogP contribution in [0.4, 0.5) is 13.2 Å². The molecule has 1 aromatic heterocycles. The second-order valence-corrected chi connectivity index (χ2v) is 9.07. The first-order valence-corrected chi connectivity index (χ1v) is 10.6. The molecule has 1 aromatic carbocycles. The smallest absolute Gasteiger partial charge is 0.326 e. The van der Waals surface area contributed by atoms with E-state index in [4.69, 9.17) is 4.74 Å². The number of esters is 1. The number of carbonyl (C=O) groups excluding carboxylic acids is 1. The molecule has 0 bridgehead atoms. The number of nitrogens with zero attached hydrogens (tertiary/aromatic N) is 2. The molecule has 0 saturated carbocycles. The Morgan fingerprint density at radius 3 is 2.57 bits per heavy atom. The molecule has 0 N–H and O–H groups in total. The van der Waals surface area contributed by atoms with Crippen molar-refractivity contribution < 1.29 is 22.7 Å². The third-order valence-corrected chi connectivity index (χ3v) is 5.66. The maximum atomic E-state index is 14.0. The highest BCUT2D eigenvalue weighted by Crippen LogP contribution is 2.28. The van der Waals surface area contributed by atoms with Gasteiger partial charge in [0.05, 0.1) is 0 Å². The van der Waals surface area contributed by atoms with E-state index >= 15 is 0 Å². The van der Waals surface area contributed by atoms with Gasteiger partial charge in [0.1, 0.15) is 12.1 Å². The molecule has 0 atom stereocenters. The largest absolute Gasteiger partial charge is 0.459 e. The Balaban J connectivity index is 1.95. The van der Waals surface area contributed by atoms with Crippen LogP contribution in [0.1, 0.15) is 50.4 Å². The van der Waals surface area contributed by atoms with Gasteiger partial charge >= 0.3 is 5.97 Å². The number of ether oxygens (including phenoxy) is 1. The van der Waals surface area contributed by atoms with Crippen molar-refractivity contribution in [2.45, 2.75) is 69.5 Å². The van der Waals surface area contributed by atoms with Gasteiger partial charge in [-0.2, -0.15) is 4.98 Å². The SMILES string of the molecule is CC(C)(C)OC(=O)Cn1c(SCc2ccc(F)c(F)c2F)nc(=O)c2c1CCCC2. The predicted octanol–water partition coefficient (Wildman–Crippen LogP) is 4.17. The molecule has 0 unspecified atom stereocenters. The fraction of sp³-hybridized carbons (Fsp3) is 0.476. The molecule has 0 amide bonds. The van der Waals surface area contributed by atoms with Crippen molar-refractivity contribution >= 4 is 17.7 Å². The van der Waals surface area contributed by atoms with Gasteiger partial charge in [-0.25, -0.2) is 13.2 Å². The van der Waals surface area contributed by atoms with Crippen LogP contribution in [0.5, 0.6) is 0 Å². The fourth-order valence-electron chi connectivity index (χ4n) is 3.34. The summed E-state index contributed by atoms with van der Waals surface area (Å²) in [5, 5.41) is 0.218. The average Bonchev–Trinajstić information content (AvgIpc) is 2.67. The van der Waals surface area contributed by atoms with E-state index in [-0.39, 0.29) is 28.6 Å². The van der Waals surface area contributed by atoms with Gasteiger partial charge in [0.25, 0.3) is 5.56 Å². The molecular formula is C21H23F3N2O3S. The van der Waals surface area contributed by atoms with Gasteiger partial charge in [0.15, 0.2) is 22.6 Å². The van der Waals surface area contributed by atoms with E-state index in [1.165, 1.54) is 0 Å². The number of benzene rings is 1. The van der Waals surface area contributed by atoms with Crippen LogP contribution in [-0.2, 0) is 34.7 Å². The topological polar surface area (TPSA) is 61.2 Å². The number of rotatable bonds is 5. The lowest BCUT2D eigenvalue weighted by atomic mass is 9.97. The molecule has 1 aliphatic carbocycles. The van der Waals surface area contributed by atoms with E-state index in [0.717, 1.165) is 42.4 Å². The van der Waals surface area contributed by atoms with Gasteiger partial charge in [0, 0.05) is 22.6 Å². The summed E-state index contributed by atoms with van der Waals surface area (Å²) in [6.07, 6.45) is 2.93. The highest BCUT2D eigenvalue weighted by Gasteiger charge is 2.24. The van der Waals surface area contributed by atoms with Crippen molar-refractivity contribution in [1.29, 1.82) is 0 Å². The number of aromatic nitrogens is 2. The highest BCUT2D eigenvalue weighted by atomic mass is 32.2. The van der Waals surface area contributed by atoms with Crippen LogP contribution in [0, 0.1) is 17.5 Å². The predicted molar refractivity (Wildman–Crippen MR) is 107 cm³/mol. The van der Waals surface area contributed by atoms with Gasteiger partial charge < -0.3 is 9.30 Å². The van der Waals surface area contributed by atoms with Crippen LogP contribution in [0.2, 0.25) is 0 Å². The molecule has 2 aromatic rings. The lowest BCUT2D eigenvalue weighted by Gasteiger charge is -2.25. The minimum atomic E-state index is -1.54. The number of fused-ring (bicyclic) bond motifs is 1. The highest BCUT2D eigenvalue weighted by molar-refractivity contribution is 7.98. The first-order chi connectivity index (χ1) is 14.1. The second-order valence-electron chi connectivity index (χ2n) is 8.13. The van der Waals surface area contributed by atoms with Gasteiger partial charge in [-0.1, -0.05) is 17.8 Å². The second kappa shape index (κ2) is 8.83. The molecule has 3 rings (SSSR count). The van der Waals surface area contributed by atoms with Crippen LogP contribution in [-0.4, -0.2) is 21.1 Å². The van der Waals surface area contributed by atoms with E-state index in [9.17, 15) is 22.8 Å². The van der Waals surface area contributed by atoms with Crippen LogP contribution >= 0.6 is 11.8 Å². The quantitative estimate of drug-likeness (QED) is 0.302. The van der Waals surface area contributed by atoms with Gasteiger partial charge in [-0.15, -0.1) is 0 Å². The monoisotopic (exact) mass is 440 g/mol. The lowest BCUT2D eigenvalue weighted by molar-refractivity contribution is -0.155. The molecule has 9 heteroatoms. The normalized spacial score (nSPS) is 13.8. The molecule has 30 heavy (non-hydrogen) atoms. The molecule has 0 saturated heterocycles. The molecule has 0 radical (unpaired) electrons. The zero-order chi connectivity index (χ0) is 22.1. The number of halogens is 3. The van der Waals surface area contributed by atoms with Gasteiger partial charge in [-0.05, 0) is 52.5 Å². The summed E-state index contributed by atoms with van der Waals surface area (Å²) in [4.78, 5) is 29.0. The van der Waals surface area contributed by atoms with E-state index in [2.05, 4.69) is 4.98 Å². The van der Waals surface area contributed by atoms with Crippen molar-refractivity contribution in [2.75, 3.05) is 0 Å². The molecule has 1 heterocycles. The Bertz CT molecular complexity index is 1030. The van der Waals surface area contributed by atoms with Crippen LogP contribution in [0.25, 0.3) is 0 Å². The van der Waals surface area contributed by atoms with E-state index in [0.29, 0.717) is 18.4 Å². The Labute approximate surface area is 176 Å². The maximum Gasteiger partial charge on any atom is 0.326 e. The van der Waals surface area contributed by atoms with Crippen molar-refractivity contribution in [3.63, 3.8) is 0 Å². The Morgan fingerprint density at radius 2 is 1.87 bits per heavy atom. The van der Waals surface area contributed by atoms with Gasteiger partial charge in [0.2, 0.25) is 0 Å². The summed E-state index contributed by atoms with van der Waals surface area (Å²) in [7, 11) is 0. The zero-order valence-electron chi connectivity index (χ0n) is 17.1. The number of carbonyl (C=O) groups is 1. The summed E-state index contributed by atoms with van der Waals surface area (Å²) < 4.78 is 47.8. The standard InChI is InChI=1S/C21H23F3N2O3S/c1-21(2,3)29-16(27)10-26-15-7-5-4-6-13(15)19(28)25-20(26)30-11-12-8-9-14(22)18(24)17(12)23/h8-9H,4-7,10-11H2,1-3H3. The molecular weight excluding hydrogens is 417 g/mol. The Morgan fingerprint density at radius 1 is 1.17 bits per heavy atom. The van der Waals surface area contributed by atoms with Gasteiger partial charge in [-0.3, -0.25) is 9.59 Å². The summed E-state index contributed by atoms with van der Waals surface area (Å²) in [5.74, 6) is -4.65. The summed E-state index contributed by atoms with van der Waals surface area (Å²) in [6.45, 7) is 5.12. The zero-order valence-corrected chi connectivity index (χ0v) is 17.9. The number of thioether (sulfide) groups is 1. The van der Waals surface area contributed by atoms with Crippen molar-refractivity contribution in [3.05, 3.63) is 56.8 Å². The van der Waals surface area contributed by atoms with E-state index in [1.54, 1.807) is 25.3 Å². The minimum absolute atomic E-state index is 0.0605. The summed E-state index contributed by atoms with van der Waals surface area (Å²) >= 11 is 0.991. The number of hydrogen-bond donors (Lipinski definition) is 0. The Kier molecular flexibility index (Phi) is 6.59. The molecule has 5 nitrogen and oxygen atoms in total. The summed E-state index contributed by atoms with van der Waals surface area (Å²) in [6, 6.07) is 2.00. The molecule has 0 fully saturated rings. The van der Waals surface area contributed by atoms with E-state index < -0.39 is 29.0 Å². The molecule has 0 spiro atoms. The average molecular weight is 440 g/mol. The Hall–Kier alpha value is -2.29. The third-order valence-electron chi connectivity index (χ3n) is 4.63. The first-order valence-electron chi connectivity index (χ1n) is 9.66. The fourth-order valence-corrected chi connectivity index (χ4v) is 4.33. The molecule has 0 aliphatic heterocycles. The van der Waals surface area contributed by atoms with Crippen molar-refractivity contribution in [3.8, 4) is 0 Å². The summed E-state index contributed by atoms with van der Waals surface area (Å²) in [5.41, 5.74) is 0.188. The van der Waals surface area contributed by atoms with Crippen LogP contribution in [0.15, 0.2) is 22.1 Å². The minimum Gasteiger partial charge on any atom is -0.459 e. The van der Waals surface area contributed by atoms with Crippen molar-refractivity contribution in [2.24, 2.45) is 0 Å². The molecule has 162 valence electrons. The van der Waals surface area contributed by atoms with Crippen LogP contribution in [0.3, 0.4) is 0 Å².